The second-order valence-electron chi connectivity index (χ2n) is 3.92. The molecule has 0 fully saturated rings. The molecule has 0 amide bonds. The van der Waals surface area contributed by atoms with E-state index in [1.807, 2.05) is 0 Å². The van der Waals surface area contributed by atoms with Crippen molar-refractivity contribution in [2.75, 3.05) is 6.61 Å². The van der Waals surface area contributed by atoms with Crippen LogP contribution in [-0.4, -0.2) is 27.6 Å². The van der Waals surface area contributed by atoms with Crippen LogP contribution in [0.4, 0.5) is 5.69 Å². The zero-order valence-electron chi connectivity index (χ0n) is 10.8. The maximum absolute atomic E-state index is 11.4. The first-order valence-electron chi connectivity index (χ1n) is 5.79. The fourth-order valence-corrected chi connectivity index (χ4v) is 1.59. The zero-order valence-corrected chi connectivity index (χ0v) is 10.8. The van der Waals surface area contributed by atoms with E-state index in [1.54, 1.807) is 26.0 Å². The molecule has 0 aliphatic carbocycles. The highest BCUT2D eigenvalue weighted by atomic mass is 16.6. The van der Waals surface area contributed by atoms with Gasteiger partial charge in [0.15, 0.2) is 0 Å². The fourth-order valence-electron chi connectivity index (χ4n) is 1.59. The lowest BCUT2D eigenvalue weighted by Gasteiger charge is -1.99. The third kappa shape index (κ3) is 2.63. The molecule has 0 atom stereocenters. The van der Waals surface area contributed by atoms with Crippen LogP contribution >= 0.6 is 0 Å². The number of nitro groups is 1. The molecule has 20 heavy (non-hydrogen) atoms. The molecule has 0 aliphatic heterocycles. The number of nitro benzene ring substituents is 1. The molecule has 0 N–H and O–H groups in total. The van der Waals surface area contributed by atoms with Gasteiger partial charge in [0, 0.05) is 6.07 Å². The van der Waals surface area contributed by atoms with Gasteiger partial charge in [-0.3, -0.25) is 10.1 Å². The maximum Gasteiger partial charge on any atom is 0.379 e. The Bertz CT molecular complexity index is 665. The number of nitrogens with zero attached hydrogens (tertiary/aromatic N) is 3. The molecule has 0 unspecified atom stereocenters. The van der Waals surface area contributed by atoms with E-state index in [9.17, 15) is 14.9 Å². The van der Waals surface area contributed by atoms with Gasteiger partial charge in [-0.05, 0) is 30.6 Å². The first-order chi connectivity index (χ1) is 9.52. The van der Waals surface area contributed by atoms with E-state index in [0.29, 0.717) is 0 Å². The normalized spacial score (nSPS) is 10.3. The van der Waals surface area contributed by atoms with Gasteiger partial charge in [0.25, 0.3) is 17.4 Å². The van der Waals surface area contributed by atoms with Gasteiger partial charge >= 0.3 is 5.97 Å². The van der Waals surface area contributed by atoms with Crippen molar-refractivity contribution >= 4 is 11.7 Å². The minimum atomic E-state index is -0.738. The van der Waals surface area contributed by atoms with E-state index in [4.69, 9.17) is 9.26 Å². The van der Waals surface area contributed by atoms with Crippen molar-refractivity contribution in [3.63, 3.8) is 0 Å². The number of rotatable bonds is 4. The summed E-state index contributed by atoms with van der Waals surface area (Å²) >= 11 is 0. The van der Waals surface area contributed by atoms with Crippen LogP contribution in [0.5, 0.6) is 0 Å². The molecule has 104 valence electrons. The van der Waals surface area contributed by atoms with Crippen LogP contribution in [0, 0.1) is 17.0 Å². The highest BCUT2D eigenvalue weighted by molar-refractivity contribution is 5.85. The topological polar surface area (TPSA) is 108 Å². The summed E-state index contributed by atoms with van der Waals surface area (Å²) in [5.74, 6) is -1.10. The molecule has 0 saturated carbocycles. The van der Waals surface area contributed by atoms with Crippen molar-refractivity contribution in [1.29, 1.82) is 0 Å². The van der Waals surface area contributed by atoms with Gasteiger partial charge in [-0.15, -0.1) is 0 Å². The summed E-state index contributed by atoms with van der Waals surface area (Å²) in [5, 5.41) is 14.4. The van der Waals surface area contributed by atoms with E-state index in [1.165, 1.54) is 6.07 Å². The molecule has 1 aromatic heterocycles. The number of aromatic nitrogens is 2. The summed E-state index contributed by atoms with van der Waals surface area (Å²) in [5.41, 5.74) is 0.786. The number of carbonyl (C=O) groups is 1. The Morgan fingerprint density at radius 1 is 1.50 bits per heavy atom. The van der Waals surface area contributed by atoms with Crippen LogP contribution in [-0.2, 0) is 4.74 Å². The summed E-state index contributed by atoms with van der Waals surface area (Å²) in [7, 11) is 0. The number of hydrogen-bond donors (Lipinski definition) is 0. The first-order valence-corrected chi connectivity index (χ1v) is 5.79. The molecule has 1 heterocycles. The predicted octanol–water partition coefficient (Wildman–Crippen LogP) is 2.13. The smallest absolute Gasteiger partial charge is 0.379 e. The summed E-state index contributed by atoms with van der Waals surface area (Å²) in [6, 6.07) is 4.49. The van der Waals surface area contributed by atoms with Crippen LogP contribution in [0.2, 0.25) is 0 Å². The van der Waals surface area contributed by atoms with Crippen LogP contribution in [0.15, 0.2) is 22.7 Å². The van der Waals surface area contributed by atoms with E-state index in [-0.39, 0.29) is 29.6 Å². The number of hydrogen-bond acceptors (Lipinski definition) is 7. The van der Waals surface area contributed by atoms with Crippen LogP contribution in [0.3, 0.4) is 0 Å². The van der Waals surface area contributed by atoms with E-state index < -0.39 is 10.9 Å². The van der Waals surface area contributed by atoms with Gasteiger partial charge in [0.2, 0.25) is 0 Å². The number of carbonyl (C=O) groups excluding carboxylic acids is 1. The molecule has 8 nitrogen and oxygen atoms in total. The third-order valence-electron chi connectivity index (χ3n) is 2.46. The second kappa shape index (κ2) is 5.47. The quantitative estimate of drug-likeness (QED) is 0.478. The number of ether oxygens (including phenoxy) is 1. The van der Waals surface area contributed by atoms with Gasteiger partial charge in [-0.2, -0.15) is 4.98 Å². The van der Waals surface area contributed by atoms with Gasteiger partial charge in [0.05, 0.1) is 11.5 Å². The second-order valence-corrected chi connectivity index (χ2v) is 3.92. The van der Waals surface area contributed by atoms with Crippen molar-refractivity contribution in [2.45, 2.75) is 13.8 Å². The van der Waals surface area contributed by atoms with E-state index in [0.717, 1.165) is 5.56 Å². The minimum Gasteiger partial charge on any atom is -0.460 e. The summed E-state index contributed by atoms with van der Waals surface area (Å²) < 4.78 is 9.62. The molecule has 2 rings (SSSR count). The number of aryl methyl sites for hydroxylation is 1. The molecule has 0 bridgehead atoms. The monoisotopic (exact) mass is 277 g/mol. The zero-order chi connectivity index (χ0) is 14.7. The lowest BCUT2D eigenvalue weighted by atomic mass is 10.1. The molecule has 8 heteroatoms. The largest absolute Gasteiger partial charge is 0.460 e. The Morgan fingerprint density at radius 3 is 2.90 bits per heavy atom. The standard InChI is InChI=1S/C12H11N3O5/c1-3-19-12(16)10-13-11(20-14-10)8-6-7(2)4-5-9(8)15(17)18/h4-6H,3H2,1-2H3. The van der Waals surface area contributed by atoms with Gasteiger partial charge in [0.1, 0.15) is 5.56 Å². The average molecular weight is 277 g/mol. The van der Waals surface area contributed by atoms with Gasteiger partial charge < -0.3 is 9.26 Å². The number of esters is 1. The van der Waals surface area contributed by atoms with Crippen molar-refractivity contribution in [3.8, 4) is 11.5 Å². The molecular formula is C12H11N3O5. The van der Waals surface area contributed by atoms with Gasteiger partial charge in [-0.25, -0.2) is 4.79 Å². The van der Waals surface area contributed by atoms with Crippen LogP contribution in [0.1, 0.15) is 23.1 Å². The molecular weight excluding hydrogens is 266 g/mol. The van der Waals surface area contributed by atoms with Crippen molar-refractivity contribution in [3.05, 3.63) is 39.7 Å². The highest BCUT2D eigenvalue weighted by Gasteiger charge is 2.23. The fraction of sp³-hybridized carbons (Fsp3) is 0.250. The van der Waals surface area contributed by atoms with Crippen molar-refractivity contribution in [2.24, 2.45) is 0 Å². The van der Waals surface area contributed by atoms with Gasteiger partial charge in [-0.1, -0.05) is 6.07 Å². The third-order valence-corrected chi connectivity index (χ3v) is 2.46. The Hall–Kier alpha value is -2.77. The SMILES string of the molecule is CCOC(=O)c1noc(-c2cc(C)ccc2[N+](=O)[O-])n1. The van der Waals surface area contributed by atoms with Crippen LogP contribution < -0.4 is 0 Å². The van der Waals surface area contributed by atoms with Crippen molar-refractivity contribution < 1.29 is 19.0 Å². The Balaban J connectivity index is 2.44. The average Bonchev–Trinajstić information content (AvgIpc) is 2.88. The molecule has 0 aliphatic rings. The molecule has 2 aromatic rings. The Kier molecular flexibility index (Phi) is 3.74. The summed E-state index contributed by atoms with van der Waals surface area (Å²) in [6.07, 6.45) is 0. The Morgan fingerprint density at radius 2 is 2.25 bits per heavy atom. The summed E-state index contributed by atoms with van der Waals surface area (Å²) in [6.45, 7) is 3.59. The highest BCUT2D eigenvalue weighted by Crippen LogP contribution is 2.29. The Labute approximate surface area is 113 Å². The van der Waals surface area contributed by atoms with E-state index in [2.05, 4.69) is 10.1 Å². The lowest BCUT2D eigenvalue weighted by molar-refractivity contribution is -0.384. The molecule has 1 aromatic carbocycles. The first kappa shape index (κ1) is 13.7. The van der Waals surface area contributed by atoms with Crippen molar-refractivity contribution in [1.82, 2.24) is 10.1 Å². The number of benzene rings is 1. The summed E-state index contributed by atoms with van der Waals surface area (Å²) in [4.78, 5) is 25.7. The molecule has 0 saturated heterocycles. The van der Waals surface area contributed by atoms with Crippen LogP contribution in [0.25, 0.3) is 11.5 Å². The lowest BCUT2D eigenvalue weighted by Crippen LogP contribution is -2.06. The minimum absolute atomic E-state index is 0.0940. The molecule has 0 spiro atoms. The predicted molar refractivity (Wildman–Crippen MR) is 67.1 cm³/mol. The maximum atomic E-state index is 11.4. The molecule has 0 radical (unpaired) electrons. The van der Waals surface area contributed by atoms with E-state index >= 15 is 0 Å².